The van der Waals surface area contributed by atoms with Crippen molar-refractivity contribution in [1.29, 1.82) is 0 Å². The molecule has 0 atom stereocenters. The van der Waals surface area contributed by atoms with E-state index in [0.717, 1.165) is 18.7 Å². The van der Waals surface area contributed by atoms with Gasteiger partial charge in [-0.25, -0.2) is 4.79 Å². The molecule has 0 heterocycles. The Balaban J connectivity index is 0.00000121. The third-order valence-corrected chi connectivity index (χ3v) is 1.65. The first-order valence-electron chi connectivity index (χ1n) is 4.81. The Labute approximate surface area is 99.4 Å². The van der Waals surface area contributed by atoms with E-state index in [4.69, 9.17) is 10.2 Å². The van der Waals surface area contributed by atoms with E-state index < -0.39 is 5.97 Å². The lowest BCUT2D eigenvalue weighted by Crippen LogP contribution is -2.05. The van der Waals surface area contributed by atoms with E-state index in [1.54, 1.807) is 24.3 Å². The number of benzene rings is 1. The van der Waals surface area contributed by atoms with Crippen LogP contribution in [-0.2, 0) is 9.59 Å². The van der Waals surface area contributed by atoms with Crippen LogP contribution in [0.5, 0.6) is 0 Å². The minimum Gasteiger partial charge on any atom is -0.478 e. The van der Waals surface area contributed by atoms with Gasteiger partial charge >= 0.3 is 5.97 Å². The molecule has 1 aromatic carbocycles. The number of carbonyl (C=O) groups is 2. The Bertz CT molecular complexity index is 395. The van der Waals surface area contributed by atoms with E-state index in [0.29, 0.717) is 5.69 Å². The molecule has 5 heteroatoms. The van der Waals surface area contributed by atoms with Crippen LogP contribution in [-0.4, -0.2) is 29.2 Å². The van der Waals surface area contributed by atoms with Crippen molar-refractivity contribution in [2.45, 2.75) is 6.92 Å². The van der Waals surface area contributed by atoms with Crippen LogP contribution in [0.2, 0.25) is 0 Å². The van der Waals surface area contributed by atoms with E-state index in [9.17, 15) is 9.59 Å². The highest BCUT2D eigenvalue weighted by Gasteiger charge is 1.94. The van der Waals surface area contributed by atoms with Crippen LogP contribution in [0.3, 0.4) is 0 Å². The van der Waals surface area contributed by atoms with Gasteiger partial charge in [0, 0.05) is 25.8 Å². The van der Waals surface area contributed by atoms with Gasteiger partial charge in [0.25, 0.3) is 0 Å². The van der Waals surface area contributed by atoms with Gasteiger partial charge in [-0.15, -0.1) is 0 Å². The number of aliphatic carboxylic acids is 1. The number of rotatable bonds is 3. The maximum Gasteiger partial charge on any atom is 0.328 e. The summed E-state index contributed by atoms with van der Waals surface area (Å²) in [5.41, 5.74) is 1.46. The van der Waals surface area contributed by atoms with Crippen LogP contribution in [0, 0.1) is 0 Å². The molecule has 1 amide bonds. The van der Waals surface area contributed by atoms with E-state index in [2.05, 4.69) is 5.32 Å². The fourth-order valence-electron chi connectivity index (χ4n) is 1.05. The number of aliphatic hydroxyl groups excluding tert-OH is 1. The number of carbonyl (C=O) groups excluding carboxylic acids is 1. The predicted octanol–water partition coefficient (Wildman–Crippen LogP) is 1.35. The van der Waals surface area contributed by atoms with Crippen LogP contribution in [0.25, 0.3) is 6.08 Å². The fraction of sp³-hybridized carbons (Fsp3) is 0.167. The molecule has 17 heavy (non-hydrogen) atoms. The summed E-state index contributed by atoms with van der Waals surface area (Å²) in [6.07, 6.45) is 2.55. The Morgan fingerprint density at radius 3 is 2.12 bits per heavy atom. The summed E-state index contributed by atoms with van der Waals surface area (Å²) in [5.74, 6) is -1.12. The number of carboxylic acids is 1. The molecule has 1 rings (SSSR count). The Morgan fingerprint density at radius 2 is 1.71 bits per heavy atom. The van der Waals surface area contributed by atoms with Crippen molar-refractivity contribution in [3.63, 3.8) is 0 Å². The average Bonchev–Trinajstić information content (AvgIpc) is 2.30. The molecular weight excluding hydrogens is 222 g/mol. The van der Waals surface area contributed by atoms with E-state index >= 15 is 0 Å². The monoisotopic (exact) mass is 237 g/mol. The molecule has 92 valence electrons. The van der Waals surface area contributed by atoms with Crippen molar-refractivity contribution in [2.24, 2.45) is 0 Å². The van der Waals surface area contributed by atoms with Gasteiger partial charge in [0.1, 0.15) is 0 Å². The summed E-state index contributed by atoms with van der Waals surface area (Å²) in [6, 6.07) is 6.88. The number of hydrogen-bond donors (Lipinski definition) is 3. The molecule has 0 aromatic heterocycles. The molecule has 0 saturated carbocycles. The summed E-state index contributed by atoms with van der Waals surface area (Å²) in [4.78, 5) is 21.0. The van der Waals surface area contributed by atoms with E-state index in [-0.39, 0.29) is 5.91 Å². The first-order valence-corrected chi connectivity index (χ1v) is 4.81. The zero-order chi connectivity index (χ0) is 13.3. The van der Waals surface area contributed by atoms with E-state index in [1.165, 1.54) is 13.0 Å². The third-order valence-electron chi connectivity index (χ3n) is 1.65. The van der Waals surface area contributed by atoms with Gasteiger partial charge in [-0.05, 0) is 23.8 Å². The van der Waals surface area contributed by atoms with Gasteiger partial charge in [-0.3, -0.25) is 4.79 Å². The van der Waals surface area contributed by atoms with Crippen LogP contribution < -0.4 is 5.32 Å². The average molecular weight is 237 g/mol. The Hall–Kier alpha value is -2.14. The van der Waals surface area contributed by atoms with Crippen LogP contribution in [0.15, 0.2) is 30.3 Å². The third kappa shape index (κ3) is 6.86. The normalized spacial score (nSPS) is 9.35. The summed E-state index contributed by atoms with van der Waals surface area (Å²) < 4.78 is 0. The second-order valence-corrected chi connectivity index (χ2v) is 2.97. The smallest absolute Gasteiger partial charge is 0.328 e. The molecule has 0 aliphatic heterocycles. The SMILES string of the molecule is CC(=O)Nc1ccc(C=CC(=O)O)cc1.CO. The number of hydrogen-bond acceptors (Lipinski definition) is 3. The van der Waals surface area contributed by atoms with Gasteiger partial charge < -0.3 is 15.5 Å². The quantitative estimate of drug-likeness (QED) is 0.692. The summed E-state index contributed by atoms with van der Waals surface area (Å²) in [6.45, 7) is 1.43. The first-order chi connectivity index (χ1) is 8.08. The van der Waals surface area contributed by atoms with Gasteiger partial charge in [-0.2, -0.15) is 0 Å². The van der Waals surface area contributed by atoms with Crippen molar-refractivity contribution in [3.8, 4) is 0 Å². The molecule has 0 saturated heterocycles. The highest BCUT2D eigenvalue weighted by atomic mass is 16.4. The predicted molar refractivity (Wildman–Crippen MR) is 65.6 cm³/mol. The molecule has 5 nitrogen and oxygen atoms in total. The largest absolute Gasteiger partial charge is 0.478 e. The maximum absolute atomic E-state index is 10.7. The standard InChI is InChI=1S/C11H11NO3.CH4O/c1-8(13)12-10-5-2-9(3-6-10)4-7-11(14)15;1-2/h2-7H,1H3,(H,12,13)(H,14,15);2H,1H3. The fourth-order valence-corrected chi connectivity index (χ4v) is 1.05. The van der Waals surface area contributed by atoms with Crippen molar-refractivity contribution in [2.75, 3.05) is 12.4 Å². The molecule has 0 bridgehead atoms. The number of aliphatic hydroxyl groups is 1. The molecular formula is C12H15NO4. The summed E-state index contributed by atoms with van der Waals surface area (Å²) >= 11 is 0. The molecule has 0 aliphatic rings. The number of carboxylic acid groups (broad SMARTS) is 1. The highest BCUT2D eigenvalue weighted by molar-refractivity contribution is 5.89. The van der Waals surface area contributed by atoms with Crippen LogP contribution >= 0.6 is 0 Å². The number of amides is 1. The van der Waals surface area contributed by atoms with Crippen molar-refractivity contribution >= 4 is 23.6 Å². The van der Waals surface area contributed by atoms with Crippen LogP contribution in [0.1, 0.15) is 12.5 Å². The number of nitrogens with one attached hydrogen (secondary N) is 1. The number of anilines is 1. The van der Waals surface area contributed by atoms with Crippen molar-refractivity contribution < 1.29 is 19.8 Å². The topological polar surface area (TPSA) is 86.6 Å². The molecule has 3 N–H and O–H groups in total. The van der Waals surface area contributed by atoms with Gasteiger partial charge in [-0.1, -0.05) is 12.1 Å². The van der Waals surface area contributed by atoms with E-state index in [1.807, 2.05) is 0 Å². The minimum atomic E-state index is -0.985. The molecule has 1 aromatic rings. The van der Waals surface area contributed by atoms with Gasteiger partial charge in [0.2, 0.25) is 5.91 Å². The first kappa shape index (κ1) is 14.9. The van der Waals surface area contributed by atoms with Crippen molar-refractivity contribution in [3.05, 3.63) is 35.9 Å². The lowest BCUT2D eigenvalue weighted by molar-refractivity contribution is -0.131. The molecule has 0 unspecified atom stereocenters. The zero-order valence-electron chi connectivity index (χ0n) is 9.68. The molecule has 0 aliphatic carbocycles. The van der Waals surface area contributed by atoms with Gasteiger partial charge in [0.05, 0.1) is 0 Å². The minimum absolute atomic E-state index is 0.135. The molecule has 0 radical (unpaired) electrons. The van der Waals surface area contributed by atoms with Gasteiger partial charge in [0.15, 0.2) is 0 Å². The zero-order valence-corrected chi connectivity index (χ0v) is 9.68. The lowest BCUT2D eigenvalue weighted by atomic mass is 10.2. The Kier molecular flexibility index (Phi) is 7.05. The second kappa shape index (κ2) is 8.06. The highest BCUT2D eigenvalue weighted by Crippen LogP contribution is 2.10. The second-order valence-electron chi connectivity index (χ2n) is 2.97. The Morgan fingerprint density at radius 1 is 1.18 bits per heavy atom. The summed E-state index contributed by atoms with van der Waals surface area (Å²) in [7, 11) is 1.00. The summed E-state index contributed by atoms with van der Waals surface area (Å²) in [5, 5.41) is 18.0. The molecule has 0 fully saturated rings. The lowest BCUT2D eigenvalue weighted by Gasteiger charge is -2.01. The molecule has 0 spiro atoms. The maximum atomic E-state index is 10.7. The van der Waals surface area contributed by atoms with Crippen molar-refractivity contribution in [1.82, 2.24) is 0 Å². The van der Waals surface area contributed by atoms with Crippen LogP contribution in [0.4, 0.5) is 5.69 Å².